The van der Waals surface area contributed by atoms with Gasteiger partial charge in [0.15, 0.2) is 17.1 Å². The number of anilines is 2. The molecule has 0 aliphatic carbocycles. The summed E-state index contributed by atoms with van der Waals surface area (Å²) in [6, 6.07) is 5.92. The molecule has 3 aliphatic rings. The number of piperazine rings is 1. The highest BCUT2D eigenvalue weighted by molar-refractivity contribution is 6.33. The third kappa shape index (κ3) is 4.46. The van der Waals surface area contributed by atoms with Gasteiger partial charge in [0.1, 0.15) is 34.9 Å². The van der Waals surface area contributed by atoms with Crippen LogP contribution >= 0.6 is 11.6 Å². The van der Waals surface area contributed by atoms with Crippen molar-refractivity contribution < 1.29 is 23.7 Å². The number of phenols is 1. The lowest BCUT2D eigenvalue weighted by atomic mass is 9.96. The van der Waals surface area contributed by atoms with Gasteiger partial charge in [-0.05, 0) is 65.2 Å². The molecule has 0 spiro atoms. The molecule has 3 aliphatic heterocycles. The van der Waals surface area contributed by atoms with Gasteiger partial charge in [0.25, 0.3) is 11.6 Å². The monoisotopic (exact) mass is 672 g/mol. The van der Waals surface area contributed by atoms with E-state index in [9.17, 15) is 14.7 Å². The lowest BCUT2D eigenvalue weighted by molar-refractivity contribution is -0.679. The lowest BCUT2D eigenvalue weighted by Crippen LogP contribution is -2.67. The number of hydrogen-bond acceptors (Lipinski definition) is 7. The molecule has 1 N–H and O–H groups in total. The molecular weight excluding hydrogens is 637 g/mol. The number of aromatic nitrogens is 3. The van der Waals surface area contributed by atoms with Crippen LogP contribution in [0.3, 0.4) is 0 Å². The van der Waals surface area contributed by atoms with Crippen molar-refractivity contribution in [3.8, 4) is 22.7 Å². The van der Waals surface area contributed by atoms with Crippen molar-refractivity contribution in [3.63, 3.8) is 0 Å². The molecule has 2 amide bonds. The number of benzene rings is 1. The molecule has 1 fully saturated rings. The van der Waals surface area contributed by atoms with E-state index in [0.717, 1.165) is 5.56 Å². The Labute approximate surface area is 281 Å². The van der Waals surface area contributed by atoms with Crippen LogP contribution in [0.1, 0.15) is 31.1 Å². The van der Waals surface area contributed by atoms with E-state index in [1.807, 2.05) is 50.7 Å². The molecule has 48 heavy (non-hydrogen) atoms. The number of nitrogens with zero attached hydrogens (tertiary/aromatic N) is 7. The molecule has 0 bridgehead atoms. The summed E-state index contributed by atoms with van der Waals surface area (Å²) in [6.07, 6.45) is 2.90. The summed E-state index contributed by atoms with van der Waals surface area (Å²) in [5.74, 6) is -1.56. The van der Waals surface area contributed by atoms with E-state index < -0.39 is 23.5 Å². The summed E-state index contributed by atoms with van der Waals surface area (Å²) >= 11 is 7.13. The van der Waals surface area contributed by atoms with Crippen LogP contribution in [-0.2, 0) is 9.59 Å². The average Bonchev–Trinajstić information content (AvgIpc) is 3.04. The van der Waals surface area contributed by atoms with Gasteiger partial charge in [-0.15, -0.1) is 0 Å². The molecule has 11 nitrogen and oxygen atoms in total. The number of hydrogen-bond donors (Lipinski definition) is 1. The second-order valence-corrected chi connectivity index (χ2v) is 13.4. The number of likely N-dealkylation sites (N-methyl/N-ethyl adjacent to an activating group) is 1. The van der Waals surface area contributed by atoms with Gasteiger partial charge in [-0.2, -0.15) is 4.57 Å². The van der Waals surface area contributed by atoms with Crippen LogP contribution in [-0.4, -0.2) is 88.6 Å². The fourth-order valence-corrected chi connectivity index (χ4v) is 7.80. The first kappa shape index (κ1) is 31.8. The minimum atomic E-state index is -0.781. The highest BCUT2D eigenvalue weighted by Gasteiger charge is 2.50. The van der Waals surface area contributed by atoms with Gasteiger partial charge in [0.05, 0.1) is 22.6 Å². The Balaban J connectivity index is 1.65. The Morgan fingerprint density at radius 3 is 2.62 bits per heavy atom. The molecule has 7 rings (SSSR count). The molecule has 3 atom stereocenters. The summed E-state index contributed by atoms with van der Waals surface area (Å²) in [4.78, 5) is 54.2. The van der Waals surface area contributed by atoms with E-state index in [1.54, 1.807) is 26.3 Å². The third-order valence-corrected chi connectivity index (χ3v) is 10.1. The highest BCUT2D eigenvalue weighted by Crippen LogP contribution is 2.46. The quantitative estimate of drug-likeness (QED) is 0.255. The first-order valence-corrected chi connectivity index (χ1v) is 16.2. The predicted octanol–water partition coefficient (Wildman–Crippen LogP) is 3.57. The summed E-state index contributed by atoms with van der Waals surface area (Å²) in [6.45, 7) is 10.4. The van der Waals surface area contributed by atoms with Crippen LogP contribution in [0.25, 0.3) is 28.0 Å². The second kappa shape index (κ2) is 11.4. The number of carbonyl (C=O) groups excluding carboxylic acids is 2. The number of amides is 2. The molecular formula is C35H36ClFN7O4+. The largest absolute Gasteiger partial charge is 0.507 e. The molecule has 13 heteroatoms. The minimum absolute atomic E-state index is 0.102. The standard InChI is InChI=1S/C35H35ClFN7O4/c1-7-26(46)41-17-24-34(47)40(14-13-39(5)6)32-30(42(24)16-19(41)3)21-15-22(36)31(27-23(37)9-8-10-25(27)45)43-20(4)28-29(18(2)11-12-38-28)44(33(21)43)35(32)48/h7-12,15,19-20,24H,1,13-14,16-17H2,2-6H3/p+1/t19-,20?,24-/m1/s1. The number of aryl methyl sites for hydroxylation is 1. The van der Waals surface area contributed by atoms with Crippen LogP contribution in [0, 0.1) is 12.7 Å². The molecule has 1 unspecified atom stereocenters. The van der Waals surface area contributed by atoms with E-state index in [-0.39, 0.29) is 65.2 Å². The minimum Gasteiger partial charge on any atom is -0.507 e. The molecule has 248 valence electrons. The van der Waals surface area contributed by atoms with Crippen LogP contribution in [0.2, 0.25) is 5.02 Å². The summed E-state index contributed by atoms with van der Waals surface area (Å²) < 4.78 is 18.9. The molecule has 0 saturated carbocycles. The number of carbonyl (C=O) groups is 2. The highest BCUT2D eigenvalue weighted by atomic mass is 35.5. The summed E-state index contributed by atoms with van der Waals surface area (Å²) in [7, 11) is 3.78. The van der Waals surface area contributed by atoms with E-state index in [1.165, 1.54) is 29.2 Å². The molecule has 4 aromatic rings. The van der Waals surface area contributed by atoms with Gasteiger partial charge >= 0.3 is 5.56 Å². The van der Waals surface area contributed by atoms with Crippen molar-refractivity contribution >= 4 is 45.8 Å². The lowest BCUT2D eigenvalue weighted by Gasteiger charge is -2.50. The fraction of sp³-hybridized carbons (Fsp3) is 0.343. The van der Waals surface area contributed by atoms with Crippen molar-refractivity contribution in [2.75, 3.05) is 50.1 Å². The Bertz CT molecular complexity index is 2110. The Kier molecular flexibility index (Phi) is 7.56. The van der Waals surface area contributed by atoms with Gasteiger partial charge in [-0.3, -0.25) is 14.6 Å². The zero-order chi connectivity index (χ0) is 34.3. The topological polar surface area (TPSA) is 106 Å². The maximum Gasteiger partial charge on any atom is 0.365 e. The molecule has 1 saturated heterocycles. The van der Waals surface area contributed by atoms with Gasteiger partial charge in [0, 0.05) is 37.4 Å². The third-order valence-electron chi connectivity index (χ3n) is 9.77. The first-order valence-electron chi connectivity index (χ1n) is 15.8. The van der Waals surface area contributed by atoms with E-state index >= 15 is 9.18 Å². The van der Waals surface area contributed by atoms with Crippen molar-refractivity contribution in [1.29, 1.82) is 0 Å². The predicted molar refractivity (Wildman–Crippen MR) is 182 cm³/mol. The van der Waals surface area contributed by atoms with E-state index in [4.69, 9.17) is 11.6 Å². The molecule has 3 aromatic heterocycles. The number of phenolic OH excluding ortho intramolecular Hbond substituents is 1. The normalized spacial score (nSPS) is 19.8. The van der Waals surface area contributed by atoms with Crippen molar-refractivity contribution in [2.45, 2.75) is 38.9 Å². The number of aromatic hydroxyl groups is 1. The zero-order valence-electron chi connectivity index (χ0n) is 27.4. The Morgan fingerprint density at radius 2 is 1.94 bits per heavy atom. The Hall–Kier alpha value is -4.81. The second-order valence-electron chi connectivity index (χ2n) is 13.0. The van der Waals surface area contributed by atoms with Crippen LogP contribution in [0.4, 0.5) is 15.8 Å². The van der Waals surface area contributed by atoms with Gasteiger partial charge < -0.3 is 24.7 Å². The zero-order valence-corrected chi connectivity index (χ0v) is 28.1. The van der Waals surface area contributed by atoms with Gasteiger partial charge in [0.2, 0.25) is 5.91 Å². The number of pyridine rings is 3. The maximum atomic E-state index is 15.6. The molecule has 1 aromatic carbocycles. The number of rotatable bonds is 5. The van der Waals surface area contributed by atoms with Crippen LogP contribution in [0.5, 0.6) is 5.75 Å². The van der Waals surface area contributed by atoms with Gasteiger partial charge in [-0.25, -0.2) is 13.8 Å². The van der Waals surface area contributed by atoms with Crippen molar-refractivity contribution in [1.82, 2.24) is 19.4 Å². The van der Waals surface area contributed by atoms with Crippen LogP contribution in [0.15, 0.2) is 54.0 Å². The fourth-order valence-electron chi connectivity index (χ4n) is 7.51. The van der Waals surface area contributed by atoms with Crippen molar-refractivity contribution in [3.05, 3.63) is 81.6 Å². The first-order chi connectivity index (χ1) is 22.9. The van der Waals surface area contributed by atoms with E-state index in [2.05, 4.69) is 11.6 Å². The smallest absolute Gasteiger partial charge is 0.365 e. The molecule has 6 heterocycles. The number of fused-ring (bicyclic) bond motifs is 6. The maximum absolute atomic E-state index is 15.6. The van der Waals surface area contributed by atoms with Gasteiger partial charge in [-0.1, -0.05) is 24.2 Å². The van der Waals surface area contributed by atoms with E-state index in [0.29, 0.717) is 34.6 Å². The Morgan fingerprint density at radius 1 is 1.19 bits per heavy atom. The SMILES string of the molecule is C=CC(=O)N1C[C@@H]2C(=O)N(CCN(C)C)c3c(c4cc(Cl)c(-c5c(O)cccc5F)[n+]5c4n(c3=O)-c3c(C)ccnc3C5C)N2C[C@H]1C. The average molecular weight is 673 g/mol. The number of halogens is 2. The van der Waals surface area contributed by atoms with Crippen molar-refractivity contribution in [2.24, 2.45) is 0 Å². The summed E-state index contributed by atoms with van der Waals surface area (Å²) in [5.41, 5.74) is 2.71. The van der Waals surface area contributed by atoms with Crippen LogP contribution < -0.4 is 19.9 Å². The molecule has 0 radical (unpaired) electrons. The summed E-state index contributed by atoms with van der Waals surface area (Å²) in [5, 5.41) is 11.7.